The van der Waals surface area contributed by atoms with Gasteiger partial charge in [0.05, 0.1) is 18.5 Å². The van der Waals surface area contributed by atoms with E-state index >= 15 is 0 Å². The molecule has 174 valence electrons. The summed E-state index contributed by atoms with van der Waals surface area (Å²) in [6.07, 6.45) is 1.95. The van der Waals surface area contributed by atoms with Crippen LogP contribution in [0.15, 0.2) is 12.4 Å². The number of aromatic nitrogens is 2. The van der Waals surface area contributed by atoms with Crippen molar-refractivity contribution in [2.45, 2.75) is 51.4 Å². The Labute approximate surface area is 183 Å². The van der Waals surface area contributed by atoms with Gasteiger partial charge in [-0.15, -0.1) is 0 Å². The number of methoxy groups -OCH3 is 1. The zero-order valence-electron chi connectivity index (χ0n) is 18.6. The predicted molar refractivity (Wildman–Crippen MR) is 112 cm³/mol. The number of hydrogen-bond donors (Lipinski definition) is 2. The van der Waals surface area contributed by atoms with Crippen LogP contribution in [-0.2, 0) is 14.3 Å². The molecule has 2 N–H and O–H groups in total. The van der Waals surface area contributed by atoms with Crippen molar-refractivity contribution < 1.29 is 29.3 Å². The van der Waals surface area contributed by atoms with Crippen molar-refractivity contribution in [3.63, 3.8) is 0 Å². The number of carbonyl (C=O) groups is 2. The Balaban J connectivity index is 2.14. The molecule has 0 bridgehead atoms. The first-order chi connectivity index (χ1) is 14.8. The third-order valence-corrected chi connectivity index (χ3v) is 5.30. The molecule has 0 aliphatic carbocycles. The Bertz CT molecular complexity index is 719. The molecule has 31 heavy (non-hydrogen) atoms. The minimum Gasteiger partial charge on any atom is -0.388 e. The maximum atomic E-state index is 13.0. The van der Waals surface area contributed by atoms with Gasteiger partial charge in [0.2, 0.25) is 5.91 Å². The first-order valence-corrected chi connectivity index (χ1v) is 10.6. The molecule has 0 unspecified atom stereocenters. The van der Waals surface area contributed by atoms with Gasteiger partial charge in [-0.2, -0.15) is 0 Å². The smallest absolute Gasteiger partial charge is 0.274 e. The molecular formula is C21H34N4O6. The second-order valence-corrected chi connectivity index (χ2v) is 7.77. The zero-order chi connectivity index (χ0) is 22.8. The van der Waals surface area contributed by atoms with Gasteiger partial charge in [0, 0.05) is 53.0 Å². The fraction of sp³-hybridized carbons (Fsp3) is 0.714. The van der Waals surface area contributed by atoms with Crippen LogP contribution >= 0.6 is 0 Å². The summed E-state index contributed by atoms with van der Waals surface area (Å²) in [5.41, 5.74) is 0.964. The number of carbonyl (C=O) groups excluding carboxylic acids is 2. The van der Waals surface area contributed by atoms with E-state index in [2.05, 4.69) is 9.97 Å². The third-order valence-electron chi connectivity index (χ3n) is 5.30. The monoisotopic (exact) mass is 438 g/mol. The van der Waals surface area contributed by atoms with Crippen molar-refractivity contribution in [2.24, 2.45) is 0 Å². The van der Waals surface area contributed by atoms with Crippen molar-refractivity contribution in [3.05, 3.63) is 23.8 Å². The Kier molecular flexibility index (Phi) is 10.3. The summed E-state index contributed by atoms with van der Waals surface area (Å²) in [6, 6.07) is 0. The fourth-order valence-electron chi connectivity index (χ4n) is 3.47. The van der Waals surface area contributed by atoms with E-state index in [0.29, 0.717) is 56.9 Å². The van der Waals surface area contributed by atoms with Crippen LogP contribution in [0.4, 0.5) is 0 Å². The van der Waals surface area contributed by atoms with E-state index in [1.54, 1.807) is 22.9 Å². The quantitative estimate of drug-likeness (QED) is 0.662. The van der Waals surface area contributed by atoms with E-state index in [-0.39, 0.29) is 25.0 Å². The molecule has 10 nitrogen and oxygen atoms in total. The number of rotatable bonds is 2. The van der Waals surface area contributed by atoms with Gasteiger partial charge in [-0.3, -0.25) is 14.6 Å². The van der Waals surface area contributed by atoms with Crippen LogP contribution in [0.2, 0.25) is 0 Å². The molecular weight excluding hydrogens is 404 g/mol. The van der Waals surface area contributed by atoms with E-state index in [1.807, 2.05) is 0 Å². The van der Waals surface area contributed by atoms with Gasteiger partial charge in [-0.25, -0.2) is 4.98 Å². The van der Waals surface area contributed by atoms with Crippen LogP contribution in [0.5, 0.6) is 0 Å². The lowest BCUT2D eigenvalue weighted by Gasteiger charge is -2.31. The van der Waals surface area contributed by atoms with E-state index in [1.165, 1.54) is 20.2 Å². The Hall–Kier alpha value is -2.14. The summed E-state index contributed by atoms with van der Waals surface area (Å²) in [6.45, 7) is 5.06. The summed E-state index contributed by atoms with van der Waals surface area (Å²) in [5, 5.41) is 20.6. The first kappa shape index (κ1) is 25.1. The van der Waals surface area contributed by atoms with Crippen LogP contribution in [0.25, 0.3) is 0 Å². The van der Waals surface area contributed by atoms with Crippen LogP contribution in [0, 0.1) is 6.92 Å². The largest absolute Gasteiger partial charge is 0.388 e. The summed E-state index contributed by atoms with van der Waals surface area (Å²) in [4.78, 5) is 36.7. The molecule has 0 saturated carbocycles. The van der Waals surface area contributed by atoms with Gasteiger partial charge in [0.15, 0.2) is 0 Å². The Morgan fingerprint density at radius 2 is 1.84 bits per heavy atom. The summed E-state index contributed by atoms with van der Waals surface area (Å²) in [5.74, 6) is -0.372. The van der Waals surface area contributed by atoms with E-state index in [9.17, 15) is 19.8 Å². The van der Waals surface area contributed by atoms with E-state index in [4.69, 9.17) is 9.47 Å². The molecule has 1 saturated heterocycles. The average Bonchev–Trinajstić information content (AvgIpc) is 2.75. The van der Waals surface area contributed by atoms with E-state index < -0.39 is 18.3 Å². The van der Waals surface area contributed by atoms with Crippen LogP contribution in [-0.4, -0.2) is 107 Å². The molecule has 2 heterocycles. The van der Waals surface area contributed by atoms with Crippen LogP contribution in [0.1, 0.15) is 42.4 Å². The number of nitrogens with zero attached hydrogens (tertiary/aromatic N) is 4. The van der Waals surface area contributed by atoms with Crippen LogP contribution < -0.4 is 0 Å². The van der Waals surface area contributed by atoms with Gasteiger partial charge in [-0.05, 0) is 26.2 Å². The number of aliphatic hydroxyl groups excluding tert-OH is 2. The second kappa shape index (κ2) is 12.7. The summed E-state index contributed by atoms with van der Waals surface area (Å²) >= 11 is 0. The molecule has 2 amide bonds. The number of aliphatic hydroxyl groups is 2. The third kappa shape index (κ3) is 7.80. The minimum absolute atomic E-state index is 0.0391. The average molecular weight is 439 g/mol. The topological polar surface area (TPSA) is 125 Å². The molecule has 1 aromatic rings. The Morgan fingerprint density at radius 1 is 1.13 bits per heavy atom. The zero-order valence-corrected chi connectivity index (χ0v) is 18.6. The molecule has 0 aromatic carbocycles. The lowest BCUT2D eigenvalue weighted by atomic mass is 10.1. The van der Waals surface area contributed by atoms with Crippen molar-refractivity contribution in [1.29, 1.82) is 0 Å². The molecule has 1 aromatic heterocycles. The molecule has 10 heteroatoms. The highest BCUT2D eigenvalue weighted by atomic mass is 16.5. The normalized spacial score (nSPS) is 24.9. The van der Waals surface area contributed by atoms with Gasteiger partial charge in [-0.1, -0.05) is 0 Å². The fourth-order valence-corrected chi connectivity index (χ4v) is 3.47. The standard InChI is InChI=1S/C21H34N4O6/c1-15-11-22-12-17(23-15)21(29)24-7-4-5-10-31-14-18(27)20(28)19(30-3)13-25(16(2)26)9-6-8-24/h11-12,18-20,27-28H,4-10,13-14H2,1-3H3/t18-,19-,20-/m0/s1. The van der Waals surface area contributed by atoms with Crippen molar-refractivity contribution >= 4 is 11.8 Å². The van der Waals surface area contributed by atoms with Gasteiger partial charge < -0.3 is 29.5 Å². The van der Waals surface area contributed by atoms with Crippen LogP contribution in [0.3, 0.4) is 0 Å². The maximum absolute atomic E-state index is 13.0. The number of hydrogen-bond acceptors (Lipinski definition) is 8. The van der Waals surface area contributed by atoms with Gasteiger partial charge in [0.25, 0.3) is 5.91 Å². The molecule has 1 aliphatic heterocycles. The SMILES string of the molecule is CO[C@H]1CN(C(C)=O)CCCN(C(=O)c2cncc(C)n2)CCCCOC[C@H](O)[C@@H]1O. The molecule has 1 fully saturated rings. The number of ether oxygens (including phenoxy) is 2. The molecule has 0 radical (unpaired) electrons. The highest BCUT2D eigenvalue weighted by Crippen LogP contribution is 2.11. The highest BCUT2D eigenvalue weighted by Gasteiger charge is 2.29. The van der Waals surface area contributed by atoms with Crippen molar-refractivity contribution in [2.75, 3.05) is 46.5 Å². The van der Waals surface area contributed by atoms with Crippen molar-refractivity contribution in [1.82, 2.24) is 19.8 Å². The lowest BCUT2D eigenvalue weighted by Crippen LogP contribution is -2.48. The lowest BCUT2D eigenvalue weighted by molar-refractivity contribution is -0.136. The van der Waals surface area contributed by atoms with Gasteiger partial charge >= 0.3 is 0 Å². The predicted octanol–water partition coefficient (Wildman–Crippen LogP) is 0.0130. The summed E-state index contributed by atoms with van der Waals surface area (Å²) < 4.78 is 10.8. The number of amides is 2. The second-order valence-electron chi connectivity index (χ2n) is 7.77. The highest BCUT2D eigenvalue weighted by molar-refractivity contribution is 5.92. The number of aryl methyl sites for hydroxylation is 1. The van der Waals surface area contributed by atoms with Crippen molar-refractivity contribution in [3.8, 4) is 0 Å². The minimum atomic E-state index is -1.19. The van der Waals surface area contributed by atoms with Gasteiger partial charge in [0.1, 0.15) is 24.0 Å². The molecule has 3 atom stereocenters. The first-order valence-electron chi connectivity index (χ1n) is 10.6. The molecule has 1 aliphatic rings. The molecule has 2 rings (SSSR count). The summed E-state index contributed by atoms with van der Waals surface area (Å²) in [7, 11) is 1.43. The maximum Gasteiger partial charge on any atom is 0.274 e. The van der Waals surface area contributed by atoms with E-state index in [0.717, 1.165) is 0 Å². The molecule has 0 spiro atoms. The Morgan fingerprint density at radius 3 is 2.52 bits per heavy atom.